The second-order valence-electron chi connectivity index (χ2n) is 5.57. The van der Waals surface area contributed by atoms with E-state index in [-0.39, 0.29) is 0 Å². The van der Waals surface area contributed by atoms with Gasteiger partial charge in [-0.25, -0.2) is 15.4 Å². The molecule has 0 saturated heterocycles. The van der Waals surface area contributed by atoms with Gasteiger partial charge in [0.1, 0.15) is 5.82 Å². The molecule has 0 fully saturated rings. The van der Waals surface area contributed by atoms with Crippen LogP contribution in [0.3, 0.4) is 0 Å². The summed E-state index contributed by atoms with van der Waals surface area (Å²) in [7, 11) is 0. The number of nitrogens with one attached hydrogen (secondary N) is 2. The standard InChI is InChI=1S/C19H18N4O2S/c1-3-5-15-12(2)20-18(16-6-4-11-26-16)22-17(15)21-14-9-7-13(8-10-14)19(24)23-25/h3-4,6-11,25H,1,5H2,2H3,(H,23,24)(H,20,21,22). The molecule has 2 heterocycles. The monoisotopic (exact) mass is 366 g/mol. The van der Waals surface area contributed by atoms with E-state index in [4.69, 9.17) is 5.21 Å². The number of nitrogens with zero attached hydrogens (tertiary/aromatic N) is 2. The normalized spacial score (nSPS) is 10.4. The molecule has 7 heteroatoms. The smallest absolute Gasteiger partial charge is 0.274 e. The fourth-order valence-corrected chi connectivity index (χ4v) is 3.17. The first-order chi connectivity index (χ1) is 12.6. The van der Waals surface area contributed by atoms with Crippen LogP contribution in [0.5, 0.6) is 0 Å². The number of rotatable bonds is 6. The molecule has 0 saturated carbocycles. The number of carbonyl (C=O) groups is 1. The summed E-state index contributed by atoms with van der Waals surface area (Å²) in [4.78, 5) is 21.7. The Bertz CT molecular complexity index is 921. The zero-order valence-electron chi connectivity index (χ0n) is 14.2. The fraction of sp³-hybridized carbons (Fsp3) is 0.105. The van der Waals surface area contributed by atoms with Crippen molar-refractivity contribution in [3.05, 3.63) is 71.3 Å². The number of carbonyl (C=O) groups excluding carboxylic acids is 1. The molecular formula is C19H18N4O2S. The quantitative estimate of drug-likeness (QED) is 0.347. The lowest BCUT2D eigenvalue weighted by Gasteiger charge is -2.14. The number of hydroxylamine groups is 1. The summed E-state index contributed by atoms with van der Waals surface area (Å²) < 4.78 is 0. The summed E-state index contributed by atoms with van der Waals surface area (Å²) in [6.07, 6.45) is 2.46. The van der Waals surface area contributed by atoms with Gasteiger partial charge in [0.05, 0.1) is 4.88 Å². The highest BCUT2D eigenvalue weighted by Crippen LogP contribution is 2.28. The number of aromatic nitrogens is 2. The number of allylic oxidation sites excluding steroid dienone is 1. The molecule has 0 atom stereocenters. The lowest BCUT2D eigenvalue weighted by atomic mass is 10.1. The van der Waals surface area contributed by atoms with E-state index in [1.165, 1.54) is 0 Å². The maximum absolute atomic E-state index is 11.4. The number of benzene rings is 1. The fourth-order valence-electron chi connectivity index (χ4n) is 2.51. The van der Waals surface area contributed by atoms with E-state index < -0.39 is 5.91 Å². The molecule has 26 heavy (non-hydrogen) atoms. The van der Waals surface area contributed by atoms with Gasteiger partial charge in [-0.2, -0.15) is 0 Å². The van der Waals surface area contributed by atoms with E-state index in [0.717, 1.165) is 21.8 Å². The molecule has 0 radical (unpaired) electrons. The van der Waals surface area contributed by atoms with E-state index in [2.05, 4.69) is 21.9 Å². The maximum atomic E-state index is 11.4. The highest BCUT2D eigenvalue weighted by atomic mass is 32.1. The Labute approximate surface area is 155 Å². The second kappa shape index (κ2) is 7.90. The predicted molar refractivity (Wildman–Crippen MR) is 103 cm³/mol. The molecule has 0 bridgehead atoms. The number of amides is 1. The molecule has 0 aliphatic rings. The van der Waals surface area contributed by atoms with Crippen molar-refractivity contribution < 1.29 is 10.0 Å². The van der Waals surface area contributed by atoms with Crippen molar-refractivity contribution in [2.75, 3.05) is 5.32 Å². The minimum absolute atomic E-state index is 0.363. The van der Waals surface area contributed by atoms with Gasteiger partial charge >= 0.3 is 0 Å². The van der Waals surface area contributed by atoms with Crippen molar-refractivity contribution in [2.45, 2.75) is 13.3 Å². The largest absolute Gasteiger partial charge is 0.340 e. The molecule has 0 aliphatic heterocycles. The van der Waals surface area contributed by atoms with Gasteiger partial charge in [-0.3, -0.25) is 10.0 Å². The summed E-state index contributed by atoms with van der Waals surface area (Å²) in [5.41, 5.74) is 4.62. The minimum Gasteiger partial charge on any atom is -0.340 e. The van der Waals surface area contributed by atoms with Crippen LogP contribution in [0, 0.1) is 6.92 Å². The van der Waals surface area contributed by atoms with Crippen LogP contribution in [0.15, 0.2) is 54.4 Å². The van der Waals surface area contributed by atoms with Gasteiger partial charge < -0.3 is 5.32 Å². The molecule has 0 unspecified atom stereocenters. The molecular weight excluding hydrogens is 348 g/mol. The van der Waals surface area contributed by atoms with Gasteiger partial charge in [-0.15, -0.1) is 17.9 Å². The van der Waals surface area contributed by atoms with E-state index in [9.17, 15) is 4.79 Å². The Morgan fingerprint density at radius 3 is 2.65 bits per heavy atom. The lowest BCUT2D eigenvalue weighted by Crippen LogP contribution is -2.18. The molecule has 1 aromatic carbocycles. The van der Waals surface area contributed by atoms with Crippen LogP contribution in [0.25, 0.3) is 10.7 Å². The Morgan fingerprint density at radius 1 is 1.27 bits per heavy atom. The summed E-state index contributed by atoms with van der Waals surface area (Å²) >= 11 is 1.59. The number of anilines is 2. The van der Waals surface area contributed by atoms with Gasteiger partial charge in [0.2, 0.25) is 0 Å². The van der Waals surface area contributed by atoms with Crippen LogP contribution in [0.1, 0.15) is 21.6 Å². The first kappa shape index (κ1) is 17.8. The topological polar surface area (TPSA) is 87.1 Å². The van der Waals surface area contributed by atoms with Crippen molar-refractivity contribution in [3.63, 3.8) is 0 Å². The van der Waals surface area contributed by atoms with Gasteiger partial charge in [-0.05, 0) is 49.1 Å². The van der Waals surface area contributed by atoms with Crippen molar-refractivity contribution in [1.82, 2.24) is 15.4 Å². The van der Waals surface area contributed by atoms with Crippen molar-refractivity contribution in [1.29, 1.82) is 0 Å². The van der Waals surface area contributed by atoms with E-state index in [1.807, 2.05) is 30.5 Å². The highest BCUT2D eigenvalue weighted by Gasteiger charge is 2.13. The molecule has 132 valence electrons. The first-order valence-electron chi connectivity index (χ1n) is 7.96. The Hall–Kier alpha value is -3.03. The van der Waals surface area contributed by atoms with Crippen LogP contribution in [0.4, 0.5) is 11.5 Å². The summed E-state index contributed by atoms with van der Waals surface area (Å²) in [5, 5.41) is 14.0. The Balaban J connectivity index is 1.96. The zero-order valence-corrected chi connectivity index (χ0v) is 15.0. The van der Waals surface area contributed by atoms with Crippen LogP contribution >= 0.6 is 11.3 Å². The number of hydrogen-bond donors (Lipinski definition) is 3. The Morgan fingerprint density at radius 2 is 2.04 bits per heavy atom. The van der Waals surface area contributed by atoms with Crippen LogP contribution in [-0.4, -0.2) is 21.1 Å². The molecule has 6 nitrogen and oxygen atoms in total. The average Bonchev–Trinajstić information content (AvgIpc) is 3.19. The second-order valence-corrected chi connectivity index (χ2v) is 6.52. The molecule has 3 N–H and O–H groups in total. The average molecular weight is 366 g/mol. The van der Waals surface area contributed by atoms with Crippen molar-refractivity contribution in [3.8, 4) is 10.7 Å². The van der Waals surface area contributed by atoms with Crippen molar-refractivity contribution >= 4 is 28.7 Å². The minimum atomic E-state index is -0.554. The molecule has 1 amide bonds. The maximum Gasteiger partial charge on any atom is 0.274 e. The molecule has 2 aromatic heterocycles. The van der Waals surface area contributed by atoms with E-state index in [1.54, 1.807) is 41.1 Å². The third kappa shape index (κ3) is 3.79. The first-order valence-corrected chi connectivity index (χ1v) is 8.84. The SMILES string of the molecule is C=CCc1c(C)nc(-c2cccs2)nc1Nc1ccc(C(=O)NO)cc1. The van der Waals surface area contributed by atoms with Crippen LogP contribution < -0.4 is 10.8 Å². The summed E-state index contributed by atoms with van der Waals surface area (Å²) in [5.74, 6) is 0.825. The number of thiophene rings is 1. The third-order valence-corrected chi connectivity index (χ3v) is 4.68. The third-order valence-electron chi connectivity index (χ3n) is 3.82. The van der Waals surface area contributed by atoms with Gasteiger partial charge in [-0.1, -0.05) is 12.1 Å². The van der Waals surface area contributed by atoms with Crippen LogP contribution in [-0.2, 0) is 6.42 Å². The van der Waals surface area contributed by atoms with E-state index >= 15 is 0 Å². The lowest BCUT2D eigenvalue weighted by molar-refractivity contribution is 0.0706. The molecule has 3 rings (SSSR count). The molecule has 0 aliphatic carbocycles. The van der Waals surface area contributed by atoms with Crippen LogP contribution in [0.2, 0.25) is 0 Å². The predicted octanol–water partition coefficient (Wildman–Crippen LogP) is 4.10. The molecule has 3 aromatic rings. The Kier molecular flexibility index (Phi) is 5.40. The summed E-state index contributed by atoms with van der Waals surface area (Å²) in [6.45, 7) is 5.76. The highest BCUT2D eigenvalue weighted by molar-refractivity contribution is 7.13. The number of aryl methyl sites for hydroxylation is 1. The van der Waals surface area contributed by atoms with E-state index in [0.29, 0.717) is 23.6 Å². The summed E-state index contributed by atoms with van der Waals surface area (Å²) in [6, 6.07) is 10.7. The molecule has 0 spiro atoms. The zero-order chi connectivity index (χ0) is 18.5. The van der Waals surface area contributed by atoms with Gasteiger partial charge in [0.15, 0.2) is 5.82 Å². The van der Waals surface area contributed by atoms with Crippen molar-refractivity contribution in [2.24, 2.45) is 0 Å². The van der Waals surface area contributed by atoms with Gasteiger partial charge in [0.25, 0.3) is 5.91 Å². The number of hydrogen-bond acceptors (Lipinski definition) is 6. The van der Waals surface area contributed by atoms with Gasteiger partial charge in [0, 0.05) is 22.5 Å².